The summed E-state index contributed by atoms with van der Waals surface area (Å²) >= 11 is 1.39. The summed E-state index contributed by atoms with van der Waals surface area (Å²) in [4.78, 5) is 30.7. The number of amides is 2. The molecule has 1 aromatic carbocycles. The van der Waals surface area contributed by atoms with E-state index in [1.807, 2.05) is 47.7 Å². The summed E-state index contributed by atoms with van der Waals surface area (Å²) in [6.45, 7) is 3.97. The van der Waals surface area contributed by atoms with Gasteiger partial charge in [-0.15, -0.1) is 11.3 Å². The number of primary amides is 1. The van der Waals surface area contributed by atoms with Gasteiger partial charge in [-0.25, -0.2) is 9.78 Å². The molecule has 8 nitrogen and oxygen atoms in total. The molecule has 1 aliphatic heterocycles. The average molecular weight is 466 g/mol. The highest BCUT2D eigenvalue weighted by molar-refractivity contribution is 7.13. The second kappa shape index (κ2) is 8.30. The van der Waals surface area contributed by atoms with Gasteiger partial charge in [0, 0.05) is 17.6 Å². The number of benzene rings is 1. The predicted molar refractivity (Wildman–Crippen MR) is 125 cm³/mol. The number of carbonyl (C=O) groups is 2. The maximum absolute atomic E-state index is 12.9. The molecule has 172 valence electrons. The van der Waals surface area contributed by atoms with E-state index in [2.05, 4.69) is 22.2 Å². The lowest BCUT2D eigenvalue weighted by atomic mass is 9.86. The SMILES string of the molecule is CC1(C)OC(=O)N(C2CCC(n3nccc3-c3nc(C(N)=O)cs3)CC2)[C@H]1c1ccccc1. The van der Waals surface area contributed by atoms with Crippen LogP contribution in [0.25, 0.3) is 10.7 Å². The molecule has 3 aromatic rings. The molecule has 1 aliphatic carbocycles. The molecule has 0 bridgehead atoms. The lowest BCUT2D eigenvalue weighted by molar-refractivity contribution is 0.0661. The van der Waals surface area contributed by atoms with Gasteiger partial charge in [-0.05, 0) is 51.2 Å². The number of thiazole rings is 1. The van der Waals surface area contributed by atoms with Crippen molar-refractivity contribution in [3.63, 3.8) is 0 Å². The minimum atomic E-state index is -0.590. The first-order valence-electron chi connectivity index (χ1n) is 11.2. The van der Waals surface area contributed by atoms with Crippen LogP contribution in [0.3, 0.4) is 0 Å². The number of hydrogen-bond donors (Lipinski definition) is 1. The Balaban J connectivity index is 1.34. The molecule has 2 aliphatic rings. The van der Waals surface area contributed by atoms with E-state index in [1.165, 1.54) is 11.3 Å². The molecular formula is C24H27N5O3S. The molecule has 0 spiro atoms. The molecule has 3 heterocycles. The Morgan fingerprint density at radius 1 is 1.12 bits per heavy atom. The van der Waals surface area contributed by atoms with Crippen LogP contribution in [0, 0.1) is 0 Å². The Morgan fingerprint density at radius 3 is 2.48 bits per heavy atom. The molecule has 0 unspecified atom stereocenters. The van der Waals surface area contributed by atoms with E-state index in [1.54, 1.807) is 11.6 Å². The zero-order chi connectivity index (χ0) is 23.2. The van der Waals surface area contributed by atoms with Crippen LogP contribution in [-0.4, -0.2) is 43.3 Å². The highest BCUT2D eigenvalue weighted by atomic mass is 32.1. The van der Waals surface area contributed by atoms with Gasteiger partial charge in [-0.1, -0.05) is 30.3 Å². The lowest BCUT2D eigenvalue weighted by Crippen LogP contribution is -2.42. The van der Waals surface area contributed by atoms with Crippen molar-refractivity contribution in [2.45, 2.75) is 63.3 Å². The fraction of sp³-hybridized carbons (Fsp3) is 0.417. The van der Waals surface area contributed by atoms with Gasteiger partial charge in [0.05, 0.1) is 17.8 Å². The summed E-state index contributed by atoms with van der Waals surface area (Å²) in [6, 6.07) is 12.2. The van der Waals surface area contributed by atoms with Crippen LogP contribution in [-0.2, 0) is 4.74 Å². The number of hydrogen-bond acceptors (Lipinski definition) is 6. The lowest BCUT2D eigenvalue weighted by Gasteiger charge is -2.38. The van der Waals surface area contributed by atoms with E-state index in [-0.39, 0.29) is 29.9 Å². The van der Waals surface area contributed by atoms with Crippen LogP contribution in [0.5, 0.6) is 0 Å². The number of ether oxygens (including phenoxy) is 1. The Hall–Kier alpha value is -3.20. The van der Waals surface area contributed by atoms with E-state index >= 15 is 0 Å². The van der Waals surface area contributed by atoms with E-state index in [4.69, 9.17) is 10.5 Å². The van der Waals surface area contributed by atoms with Gasteiger partial charge >= 0.3 is 6.09 Å². The summed E-state index contributed by atoms with van der Waals surface area (Å²) in [5, 5.41) is 6.97. The number of carbonyl (C=O) groups excluding carboxylic acids is 2. The second-order valence-electron chi connectivity index (χ2n) is 9.22. The molecule has 5 rings (SSSR count). The normalized spacial score (nSPS) is 24.6. The highest BCUT2D eigenvalue weighted by Crippen LogP contribution is 2.45. The minimum Gasteiger partial charge on any atom is -0.441 e. The van der Waals surface area contributed by atoms with Crippen LogP contribution in [0.1, 0.15) is 67.7 Å². The molecule has 2 N–H and O–H groups in total. The van der Waals surface area contributed by atoms with Crippen LogP contribution >= 0.6 is 11.3 Å². The van der Waals surface area contributed by atoms with Crippen molar-refractivity contribution >= 4 is 23.3 Å². The van der Waals surface area contributed by atoms with Gasteiger partial charge in [-0.3, -0.25) is 14.4 Å². The zero-order valence-electron chi connectivity index (χ0n) is 18.7. The molecule has 0 radical (unpaired) electrons. The molecule has 2 amide bonds. The summed E-state index contributed by atoms with van der Waals surface area (Å²) in [5.41, 5.74) is 7.03. The predicted octanol–water partition coefficient (Wildman–Crippen LogP) is 4.56. The zero-order valence-corrected chi connectivity index (χ0v) is 19.5. The van der Waals surface area contributed by atoms with Crippen LogP contribution in [0.2, 0.25) is 0 Å². The largest absolute Gasteiger partial charge is 0.441 e. The summed E-state index contributed by atoms with van der Waals surface area (Å²) in [5.74, 6) is -0.530. The third kappa shape index (κ3) is 3.90. The number of cyclic esters (lactones) is 1. The first-order chi connectivity index (χ1) is 15.8. The average Bonchev–Trinajstić information content (AvgIpc) is 3.51. The summed E-state index contributed by atoms with van der Waals surface area (Å²) in [6.07, 6.45) is 5.03. The molecule has 1 atom stereocenters. The molecule has 2 fully saturated rings. The number of nitrogens with zero attached hydrogens (tertiary/aromatic N) is 4. The van der Waals surface area contributed by atoms with Gasteiger partial charge in [-0.2, -0.15) is 5.10 Å². The summed E-state index contributed by atoms with van der Waals surface area (Å²) in [7, 11) is 0. The standard InChI is InChI=1S/C24H27N5O3S/c1-24(2)20(15-6-4-3-5-7-15)28(23(31)32-24)16-8-10-17(11-9-16)29-19(12-13-26-29)22-27-18(14-33-22)21(25)30/h3-7,12-14,16-17,20H,8-11H2,1-2H3,(H2,25,30)/t16?,17?,20-/m0/s1. The van der Waals surface area contributed by atoms with Crippen molar-refractivity contribution in [3.8, 4) is 10.7 Å². The van der Waals surface area contributed by atoms with Gasteiger partial charge in [0.1, 0.15) is 16.3 Å². The van der Waals surface area contributed by atoms with Crippen molar-refractivity contribution in [2.75, 3.05) is 0 Å². The first kappa shape index (κ1) is 21.6. The van der Waals surface area contributed by atoms with Crippen LogP contribution < -0.4 is 5.73 Å². The fourth-order valence-electron chi connectivity index (χ4n) is 5.19. The Bertz CT molecular complexity index is 1160. The van der Waals surface area contributed by atoms with Gasteiger partial charge in [0.25, 0.3) is 5.91 Å². The quantitative estimate of drug-likeness (QED) is 0.595. The van der Waals surface area contributed by atoms with E-state index in [9.17, 15) is 9.59 Å². The maximum atomic E-state index is 12.9. The van der Waals surface area contributed by atoms with Crippen molar-refractivity contribution in [1.82, 2.24) is 19.7 Å². The number of aromatic nitrogens is 3. The van der Waals surface area contributed by atoms with Crippen LogP contribution in [0.4, 0.5) is 4.79 Å². The molecule has 1 saturated carbocycles. The summed E-state index contributed by atoms with van der Waals surface area (Å²) < 4.78 is 7.80. The monoisotopic (exact) mass is 465 g/mol. The number of nitrogens with two attached hydrogens (primary N) is 1. The highest BCUT2D eigenvalue weighted by Gasteiger charge is 2.51. The molecule has 33 heavy (non-hydrogen) atoms. The molecule has 9 heteroatoms. The third-order valence-electron chi connectivity index (χ3n) is 6.66. The van der Waals surface area contributed by atoms with E-state index in [0.717, 1.165) is 41.9 Å². The van der Waals surface area contributed by atoms with Crippen LogP contribution in [0.15, 0.2) is 48.0 Å². The smallest absolute Gasteiger partial charge is 0.411 e. The minimum absolute atomic E-state index is 0.112. The van der Waals surface area contributed by atoms with Gasteiger partial charge < -0.3 is 10.5 Å². The molecule has 2 aromatic heterocycles. The second-order valence-corrected chi connectivity index (χ2v) is 10.1. The van der Waals surface area contributed by atoms with Gasteiger partial charge in [0.15, 0.2) is 0 Å². The Labute approximate surface area is 196 Å². The maximum Gasteiger partial charge on any atom is 0.411 e. The topological polar surface area (TPSA) is 103 Å². The molecular weight excluding hydrogens is 438 g/mol. The van der Waals surface area contributed by atoms with Crippen molar-refractivity contribution in [2.24, 2.45) is 5.73 Å². The first-order valence-corrected chi connectivity index (χ1v) is 12.1. The molecule has 1 saturated heterocycles. The Morgan fingerprint density at radius 2 is 1.82 bits per heavy atom. The van der Waals surface area contributed by atoms with E-state index in [0.29, 0.717) is 0 Å². The Kier molecular flexibility index (Phi) is 5.44. The van der Waals surface area contributed by atoms with Crippen molar-refractivity contribution in [3.05, 3.63) is 59.2 Å². The van der Waals surface area contributed by atoms with Gasteiger partial charge in [0.2, 0.25) is 0 Å². The van der Waals surface area contributed by atoms with Crippen molar-refractivity contribution in [1.29, 1.82) is 0 Å². The van der Waals surface area contributed by atoms with Crippen molar-refractivity contribution < 1.29 is 14.3 Å². The number of rotatable bonds is 5. The third-order valence-corrected chi connectivity index (χ3v) is 7.53. The fourth-order valence-corrected chi connectivity index (χ4v) is 6.02. The van der Waals surface area contributed by atoms with E-state index < -0.39 is 11.5 Å².